The highest BCUT2D eigenvalue weighted by molar-refractivity contribution is 8.00. The minimum Gasteiger partial charge on any atom is -0.354 e. The second-order valence-corrected chi connectivity index (χ2v) is 5.52. The fourth-order valence-corrected chi connectivity index (χ4v) is 2.90. The minimum atomic E-state index is -0.149. The molecule has 3 nitrogen and oxygen atoms in total. The van der Waals surface area contributed by atoms with Gasteiger partial charge in [-0.3, -0.25) is 0 Å². The van der Waals surface area contributed by atoms with Crippen LogP contribution in [0.25, 0.3) is 0 Å². The molecular weight excluding hydrogens is 210 g/mol. The molecule has 0 aromatic heterocycles. The highest BCUT2D eigenvalue weighted by Gasteiger charge is 2.36. The standard InChI is InChI=1S/C11H23NO2S/c1-9(10(13-2)14-3)12-8-11(15-4)6-5-7-11/h9-10,12H,5-8H2,1-4H3. The Kier molecular flexibility index (Phi) is 5.39. The summed E-state index contributed by atoms with van der Waals surface area (Å²) < 4.78 is 10.9. The Bertz CT molecular complexity index is 176. The molecule has 1 aliphatic rings. The van der Waals surface area contributed by atoms with E-state index in [1.54, 1.807) is 14.2 Å². The van der Waals surface area contributed by atoms with Crippen LogP contribution in [0.5, 0.6) is 0 Å². The highest BCUT2D eigenvalue weighted by Crippen LogP contribution is 2.42. The van der Waals surface area contributed by atoms with E-state index in [9.17, 15) is 0 Å². The van der Waals surface area contributed by atoms with Gasteiger partial charge < -0.3 is 14.8 Å². The van der Waals surface area contributed by atoms with E-state index in [4.69, 9.17) is 9.47 Å². The summed E-state index contributed by atoms with van der Waals surface area (Å²) in [7, 11) is 3.36. The van der Waals surface area contributed by atoms with Crippen molar-refractivity contribution in [2.45, 2.75) is 43.3 Å². The van der Waals surface area contributed by atoms with E-state index in [-0.39, 0.29) is 12.3 Å². The van der Waals surface area contributed by atoms with Gasteiger partial charge >= 0.3 is 0 Å². The molecule has 1 unspecified atom stereocenters. The second kappa shape index (κ2) is 6.09. The number of hydrogen-bond donors (Lipinski definition) is 1. The van der Waals surface area contributed by atoms with Crippen LogP contribution in [0, 0.1) is 0 Å². The van der Waals surface area contributed by atoms with E-state index in [0.717, 1.165) is 6.54 Å². The van der Waals surface area contributed by atoms with Crippen LogP contribution in [0.2, 0.25) is 0 Å². The molecule has 4 heteroatoms. The summed E-state index contributed by atoms with van der Waals surface area (Å²) in [6.45, 7) is 3.16. The average molecular weight is 233 g/mol. The van der Waals surface area contributed by atoms with Crippen LogP contribution in [0.15, 0.2) is 0 Å². The van der Waals surface area contributed by atoms with Crippen LogP contribution in [0.4, 0.5) is 0 Å². The van der Waals surface area contributed by atoms with E-state index in [1.165, 1.54) is 19.3 Å². The zero-order chi connectivity index (χ0) is 11.3. The Labute approximate surface area is 97.3 Å². The van der Waals surface area contributed by atoms with Gasteiger partial charge in [0.2, 0.25) is 0 Å². The smallest absolute Gasteiger partial charge is 0.171 e. The Hall–Kier alpha value is 0.230. The molecule has 0 aliphatic heterocycles. The molecule has 0 spiro atoms. The number of rotatable bonds is 7. The van der Waals surface area contributed by atoms with Crippen molar-refractivity contribution in [2.24, 2.45) is 0 Å². The van der Waals surface area contributed by atoms with Gasteiger partial charge in [0, 0.05) is 25.5 Å². The first-order valence-corrected chi connectivity index (χ1v) is 6.74. The van der Waals surface area contributed by atoms with Gasteiger partial charge in [0.1, 0.15) is 0 Å². The molecule has 0 amide bonds. The molecule has 1 fully saturated rings. The Morgan fingerprint density at radius 3 is 2.27 bits per heavy atom. The maximum atomic E-state index is 5.22. The predicted molar refractivity (Wildman–Crippen MR) is 65.4 cm³/mol. The highest BCUT2D eigenvalue weighted by atomic mass is 32.2. The molecule has 1 saturated carbocycles. The molecule has 0 bridgehead atoms. The molecule has 0 heterocycles. The van der Waals surface area contributed by atoms with E-state index >= 15 is 0 Å². The molecule has 15 heavy (non-hydrogen) atoms. The van der Waals surface area contributed by atoms with Crippen molar-refractivity contribution in [2.75, 3.05) is 27.0 Å². The Morgan fingerprint density at radius 1 is 1.33 bits per heavy atom. The molecule has 1 rings (SSSR count). The maximum absolute atomic E-state index is 5.22. The predicted octanol–water partition coefficient (Wildman–Crippen LogP) is 1.87. The van der Waals surface area contributed by atoms with Crippen LogP contribution in [0.1, 0.15) is 26.2 Å². The fraction of sp³-hybridized carbons (Fsp3) is 1.00. The van der Waals surface area contributed by atoms with Crippen molar-refractivity contribution in [3.8, 4) is 0 Å². The van der Waals surface area contributed by atoms with E-state index < -0.39 is 0 Å². The SMILES string of the molecule is COC(OC)C(C)NCC1(SC)CCC1. The van der Waals surface area contributed by atoms with Gasteiger partial charge in [-0.1, -0.05) is 6.42 Å². The molecule has 0 radical (unpaired) electrons. The minimum absolute atomic E-state index is 0.149. The lowest BCUT2D eigenvalue weighted by Gasteiger charge is -2.41. The van der Waals surface area contributed by atoms with Crippen molar-refractivity contribution in [1.29, 1.82) is 0 Å². The largest absolute Gasteiger partial charge is 0.354 e. The summed E-state index contributed by atoms with van der Waals surface area (Å²) in [5.74, 6) is 0. The van der Waals surface area contributed by atoms with Crippen LogP contribution in [-0.2, 0) is 9.47 Å². The topological polar surface area (TPSA) is 30.5 Å². The van der Waals surface area contributed by atoms with E-state index in [1.807, 2.05) is 11.8 Å². The number of nitrogens with one attached hydrogen (secondary N) is 1. The van der Waals surface area contributed by atoms with Gasteiger partial charge in [0.05, 0.1) is 6.04 Å². The Balaban J connectivity index is 2.29. The van der Waals surface area contributed by atoms with Crippen molar-refractivity contribution >= 4 is 11.8 Å². The van der Waals surface area contributed by atoms with Crippen molar-refractivity contribution in [3.63, 3.8) is 0 Å². The van der Waals surface area contributed by atoms with E-state index in [2.05, 4.69) is 18.5 Å². The lowest BCUT2D eigenvalue weighted by atomic mass is 9.84. The molecule has 1 aliphatic carbocycles. The third-order valence-electron chi connectivity index (χ3n) is 3.32. The van der Waals surface area contributed by atoms with Crippen molar-refractivity contribution in [3.05, 3.63) is 0 Å². The number of thioether (sulfide) groups is 1. The molecule has 1 atom stereocenters. The first-order chi connectivity index (χ1) is 7.17. The summed E-state index contributed by atoms with van der Waals surface area (Å²) in [5.41, 5.74) is 0. The second-order valence-electron chi connectivity index (χ2n) is 4.25. The summed E-state index contributed by atoms with van der Waals surface area (Å²) in [6.07, 6.45) is 6.09. The van der Waals surface area contributed by atoms with E-state index in [0.29, 0.717) is 4.75 Å². The molecule has 0 aromatic carbocycles. The first-order valence-electron chi connectivity index (χ1n) is 5.51. The summed E-state index contributed by atoms with van der Waals surface area (Å²) in [4.78, 5) is 0. The lowest BCUT2D eigenvalue weighted by molar-refractivity contribution is -0.119. The van der Waals surface area contributed by atoms with Gasteiger partial charge in [-0.05, 0) is 26.0 Å². The molecule has 0 saturated heterocycles. The summed E-state index contributed by atoms with van der Waals surface area (Å²) in [6, 6.07) is 0.240. The normalized spacial score (nSPS) is 21.4. The van der Waals surface area contributed by atoms with Gasteiger partial charge in [0.25, 0.3) is 0 Å². The van der Waals surface area contributed by atoms with Crippen molar-refractivity contribution in [1.82, 2.24) is 5.32 Å². The summed E-state index contributed by atoms with van der Waals surface area (Å²) in [5, 5.41) is 3.51. The summed E-state index contributed by atoms with van der Waals surface area (Å²) >= 11 is 1.98. The third kappa shape index (κ3) is 3.34. The van der Waals surface area contributed by atoms with Crippen molar-refractivity contribution < 1.29 is 9.47 Å². The van der Waals surface area contributed by atoms with Crippen LogP contribution < -0.4 is 5.32 Å². The van der Waals surface area contributed by atoms with Gasteiger partial charge in [-0.25, -0.2) is 0 Å². The van der Waals surface area contributed by atoms with Crippen LogP contribution in [-0.4, -0.2) is 44.1 Å². The monoisotopic (exact) mass is 233 g/mol. The first kappa shape index (κ1) is 13.3. The lowest BCUT2D eigenvalue weighted by Crippen LogP contribution is -2.49. The molecule has 90 valence electrons. The van der Waals surface area contributed by atoms with Crippen LogP contribution >= 0.6 is 11.8 Å². The van der Waals surface area contributed by atoms with Gasteiger partial charge in [0.15, 0.2) is 6.29 Å². The fourth-order valence-electron chi connectivity index (χ4n) is 1.97. The Morgan fingerprint density at radius 2 is 1.93 bits per heavy atom. The zero-order valence-corrected chi connectivity index (χ0v) is 11.0. The number of ether oxygens (including phenoxy) is 2. The van der Waals surface area contributed by atoms with Gasteiger partial charge in [-0.15, -0.1) is 0 Å². The molecule has 0 aromatic rings. The number of hydrogen-bond acceptors (Lipinski definition) is 4. The quantitative estimate of drug-likeness (QED) is 0.680. The third-order valence-corrected chi connectivity index (χ3v) is 4.74. The maximum Gasteiger partial charge on any atom is 0.171 e. The molecule has 1 N–H and O–H groups in total. The zero-order valence-electron chi connectivity index (χ0n) is 10.2. The van der Waals surface area contributed by atoms with Crippen LogP contribution in [0.3, 0.4) is 0 Å². The average Bonchev–Trinajstić information content (AvgIpc) is 2.19. The number of methoxy groups -OCH3 is 2. The molecular formula is C11H23NO2S. The van der Waals surface area contributed by atoms with Gasteiger partial charge in [-0.2, -0.15) is 11.8 Å².